The zero-order chi connectivity index (χ0) is 21.4. The molecule has 0 aliphatic carbocycles. The lowest BCUT2D eigenvalue weighted by Gasteiger charge is -2.24. The van der Waals surface area contributed by atoms with Crippen LogP contribution in [0, 0.1) is 33.5 Å². The number of thiophene rings is 1. The van der Waals surface area contributed by atoms with Crippen LogP contribution in [0.25, 0.3) is 0 Å². The highest BCUT2D eigenvalue weighted by Crippen LogP contribution is 2.35. The van der Waals surface area contributed by atoms with Crippen molar-refractivity contribution in [1.29, 1.82) is 0 Å². The molecule has 4 rings (SSSR count). The minimum absolute atomic E-state index is 0.0678. The van der Waals surface area contributed by atoms with E-state index in [-0.39, 0.29) is 11.1 Å². The van der Waals surface area contributed by atoms with Crippen molar-refractivity contribution in [1.82, 2.24) is 15.7 Å². The fourth-order valence-electron chi connectivity index (χ4n) is 3.25. The Morgan fingerprint density at radius 3 is 2.70 bits per heavy atom. The van der Waals surface area contributed by atoms with E-state index in [1.165, 1.54) is 33.1 Å². The molecule has 2 aromatic heterocycles. The number of benzene rings is 1. The number of aromatic nitrogens is 2. The molecule has 0 radical (unpaired) electrons. The largest absolute Gasteiger partial charge is 0.272 e. The normalized spacial score (nSPS) is 16.3. The van der Waals surface area contributed by atoms with Crippen molar-refractivity contribution >= 4 is 40.5 Å². The first kappa shape index (κ1) is 21.2. The predicted octanol–water partition coefficient (Wildman–Crippen LogP) is 5.74. The first-order valence-corrected chi connectivity index (χ1v) is 11.3. The van der Waals surface area contributed by atoms with Gasteiger partial charge in [-0.25, -0.2) is 9.87 Å². The Morgan fingerprint density at radius 2 is 2.00 bits per heavy atom. The Hall–Kier alpha value is -2.00. The van der Waals surface area contributed by atoms with Gasteiger partial charge in [0.25, 0.3) is 0 Å². The third-order valence-electron chi connectivity index (χ3n) is 4.90. The number of hydrogen-bond donors (Lipinski definition) is 1. The Bertz CT molecular complexity index is 1150. The number of aryl methyl sites for hydroxylation is 3. The van der Waals surface area contributed by atoms with E-state index < -0.39 is 5.82 Å². The van der Waals surface area contributed by atoms with Gasteiger partial charge in [-0.1, -0.05) is 23.4 Å². The summed E-state index contributed by atoms with van der Waals surface area (Å²) in [6, 6.07) is 6.65. The molecular weight excluding hydrogens is 443 g/mol. The summed E-state index contributed by atoms with van der Waals surface area (Å²) < 4.78 is 13.5. The molecule has 1 aromatic carbocycles. The Morgan fingerprint density at radius 1 is 1.20 bits per heavy atom. The van der Waals surface area contributed by atoms with Crippen molar-refractivity contribution in [3.63, 3.8) is 0 Å². The highest BCUT2D eigenvalue weighted by molar-refractivity contribution is 7.99. The number of aliphatic imine (C=N–C) groups is 1. The lowest BCUT2D eigenvalue weighted by molar-refractivity contribution is 0.0620. The molecule has 1 aliphatic rings. The van der Waals surface area contributed by atoms with Crippen LogP contribution in [0.3, 0.4) is 0 Å². The standard InChI is InChI=1S/C21H20ClFN4OS2/c1-10-7-15(13(4)29-10)18-9-28-27-20(24-18)19-11(2)12(3)25-26-21(19)30-14-5-6-17(23)16(22)8-14/h5-8,18H,9H2,1-4H3,(H,24,27)/t18-/m1/s1. The fraction of sp³-hybridized carbons (Fsp3) is 0.286. The highest BCUT2D eigenvalue weighted by atomic mass is 35.5. The van der Waals surface area contributed by atoms with Gasteiger partial charge in [0, 0.05) is 14.6 Å². The molecule has 1 N–H and O–H groups in total. The van der Waals surface area contributed by atoms with Gasteiger partial charge in [0.1, 0.15) is 23.5 Å². The summed E-state index contributed by atoms with van der Waals surface area (Å²) in [7, 11) is 0. The molecule has 5 nitrogen and oxygen atoms in total. The van der Waals surface area contributed by atoms with Crippen molar-refractivity contribution in [3.8, 4) is 0 Å². The van der Waals surface area contributed by atoms with Crippen LogP contribution in [0.5, 0.6) is 0 Å². The number of nitrogens with zero attached hydrogens (tertiary/aromatic N) is 3. The Balaban J connectivity index is 1.76. The molecule has 3 heterocycles. The molecule has 0 amide bonds. The molecular formula is C21H20ClFN4OS2. The van der Waals surface area contributed by atoms with E-state index in [1.54, 1.807) is 23.5 Å². The predicted molar refractivity (Wildman–Crippen MR) is 119 cm³/mol. The van der Waals surface area contributed by atoms with Crippen molar-refractivity contribution in [2.24, 2.45) is 4.99 Å². The zero-order valence-electron chi connectivity index (χ0n) is 16.9. The third-order valence-corrected chi connectivity index (χ3v) is 7.14. The lowest BCUT2D eigenvalue weighted by Crippen LogP contribution is -2.34. The first-order chi connectivity index (χ1) is 14.3. The molecule has 30 heavy (non-hydrogen) atoms. The molecule has 9 heteroatoms. The number of rotatable bonds is 4. The molecule has 0 saturated carbocycles. The number of nitrogens with one attached hydrogen (secondary N) is 1. The maximum atomic E-state index is 13.5. The van der Waals surface area contributed by atoms with Crippen LogP contribution in [-0.2, 0) is 4.84 Å². The minimum atomic E-state index is -0.455. The van der Waals surface area contributed by atoms with Gasteiger partial charge in [-0.2, -0.15) is 5.10 Å². The van der Waals surface area contributed by atoms with E-state index in [2.05, 4.69) is 35.6 Å². The number of halogens is 2. The summed E-state index contributed by atoms with van der Waals surface area (Å²) in [5, 5.41) is 9.36. The second-order valence-electron chi connectivity index (χ2n) is 7.04. The Labute approximate surface area is 187 Å². The molecule has 0 fully saturated rings. The average molecular weight is 463 g/mol. The van der Waals surface area contributed by atoms with E-state index in [9.17, 15) is 4.39 Å². The molecule has 3 aromatic rings. The lowest BCUT2D eigenvalue weighted by atomic mass is 10.1. The number of amidine groups is 1. The van der Waals surface area contributed by atoms with Crippen LogP contribution < -0.4 is 5.48 Å². The summed E-state index contributed by atoms with van der Waals surface area (Å²) >= 11 is 9.07. The minimum Gasteiger partial charge on any atom is -0.272 e. The van der Waals surface area contributed by atoms with Crippen LogP contribution >= 0.6 is 34.7 Å². The van der Waals surface area contributed by atoms with Gasteiger partial charge < -0.3 is 0 Å². The summed E-state index contributed by atoms with van der Waals surface area (Å²) in [6.07, 6.45) is 0. The second-order valence-corrected chi connectivity index (χ2v) is 9.97. The van der Waals surface area contributed by atoms with Gasteiger partial charge in [-0.3, -0.25) is 9.83 Å². The molecule has 156 valence electrons. The van der Waals surface area contributed by atoms with Gasteiger partial charge in [0.05, 0.1) is 16.3 Å². The third kappa shape index (κ3) is 4.23. The summed E-state index contributed by atoms with van der Waals surface area (Å²) in [5.41, 5.74) is 6.72. The maximum absolute atomic E-state index is 13.5. The van der Waals surface area contributed by atoms with Gasteiger partial charge in [-0.15, -0.1) is 16.4 Å². The average Bonchev–Trinajstić information content (AvgIpc) is 3.06. The summed E-state index contributed by atoms with van der Waals surface area (Å²) in [4.78, 5) is 13.9. The maximum Gasteiger partial charge on any atom is 0.156 e. The van der Waals surface area contributed by atoms with Gasteiger partial charge in [-0.05, 0) is 63.1 Å². The van der Waals surface area contributed by atoms with Crippen LogP contribution in [0.2, 0.25) is 5.02 Å². The van der Waals surface area contributed by atoms with E-state index in [0.29, 0.717) is 17.5 Å². The molecule has 0 saturated heterocycles. The topological polar surface area (TPSA) is 59.4 Å². The van der Waals surface area contributed by atoms with Crippen LogP contribution in [0.4, 0.5) is 4.39 Å². The smallest absolute Gasteiger partial charge is 0.156 e. The SMILES string of the molecule is Cc1cc([C@H]2CONC(c3c(Sc4ccc(F)c(Cl)c4)nnc(C)c3C)=N2)c(C)s1. The van der Waals surface area contributed by atoms with E-state index >= 15 is 0 Å². The number of hydroxylamine groups is 1. The number of hydrogen-bond acceptors (Lipinski definition) is 7. The zero-order valence-corrected chi connectivity index (χ0v) is 19.3. The molecule has 1 aliphatic heterocycles. The van der Waals surface area contributed by atoms with Crippen LogP contribution in [0.15, 0.2) is 39.2 Å². The molecule has 1 atom stereocenters. The van der Waals surface area contributed by atoms with Crippen molar-refractivity contribution < 1.29 is 9.23 Å². The summed E-state index contributed by atoms with van der Waals surface area (Å²) in [6.45, 7) is 8.54. The van der Waals surface area contributed by atoms with Crippen molar-refractivity contribution in [2.75, 3.05) is 6.61 Å². The van der Waals surface area contributed by atoms with Gasteiger partial charge >= 0.3 is 0 Å². The molecule has 0 spiro atoms. The summed E-state index contributed by atoms with van der Waals surface area (Å²) in [5.74, 6) is 0.157. The van der Waals surface area contributed by atoms with Crippen LogP contribution in [-0.4, -0.2) is 22.6 Å². The Kier molecular flexibility index (Phi) is 6.11. The van der Waals surface area contributed by atoms with Crippen molar-refractivity contribution in [2.45, 2.75) is 43.7 Å². The quantitative estimate of drug-likeness (QED) is 0.535. The fourth-order valence-corrected chi connectivity index (χ4v) is 5.45. The monoisotopic (exact) mass is 462 g/mol. The molecule has 0 bridgehead atoms. The first-order valence-electron chi connectivity index (χ1n) is 9.33. The highest BCUT2D eigenvalue weighted by Gasteiger charge is 2.25. The van der Waals surface area contributed by atoms with E-state index in [0.717, 1.165) is 21.7 Å². The van der Waals surface area contributed by atoms with Gasteiger partial charge in [0.15, 0.2) is 5.84 Å². The van der Waals surface area contributed by atoms with E-state index in [4.69, 9.17) is 21.4 Å². The van der Waals surface area contributed by atoms with Crippen molar-refractivity contribution in [3.05, 3.63) is 67.2 Å². The van der Waals surface area contributed by atoms with Crippen LogP contribution in [0.1, 0.15) is 38.2 Å². The van der Waals surface area contributed by atoms with E-state index in [1.807, 2.05) is 13.8 Å². The van der Waals surface area contributed by atoms with Gasteiger partial charge in [0.2, 0.25) is 0 Å². The molecule has 0 unspecified atom stereocenters. The second kappa shape index (κ2) is 8.63.